The molecule has 2 rings (SSSR count). The molecule has 0 fully saturated rings. The van der Waals surface area contributed by atoms with Crippen LogP contribution >= 0.6 is 0 Å². The summed E-state index contributed by atoms with van der Waals surface area (Å²) in [6.07, 6.45) is 1.80. The predicted octanol–water partition coefficient (Wildman–Crippen LogP) is 1.05. The molecule has 0 radical (unpaired) electrons. The molecule has 92 valence electrons. The average molecular weight is 235 g/mol. The Labute approximate surface area is 101 Å². The van der Waals surface area contributed by atoms with Crippen molar-refractivity contribution < 1.29 is 14.3 Å². The van der Waals surface area contributed by atoms with E-state index in [4.69, 9.17) is 15.2 Å². The van der Waals surface area contributed by atoms with Gasteiger partial charge in [-0.3, -0.25) is 0 Å². The molecule has 1 atom stereocenters. The van der Waals surface area contributed by atoms with E-state index in [-0.39, 0.29) is 18.6 Å². The number of hydrogen-bond donors (Lipinski definition) is 1. The van der Waals surface area contributed by atoms with Gasteiger partial charge in [0, 0.05) is 6.04 Å². The van der Waals surface area contributed by atoms with E-state index in [1.54, 1.807) is 6.92 Å². The SMILES string of the molecule is CCOC(=O)COc1ccc2c(c1)CC(N)C2. The van der Waals surface area contributed by atoms with E-state index in [9.17, 15) is 4.79 Å². The third-order valence-corrected chi connectivity index (χ3v) is 2.80. The summed E-state index contributed by atoms with van der Waals surface area (Å²) >= 11 is 0. The Hall–Kier alpha value is -1.55. The lowest BCUT2D eigenvalue weighted by atomic mass is 10.1. The molecular weight excluding hydrogens is 218 g/mol. The quantitative estimate of drug-likeness (QED) is 0.792. The van der Waals surface area contributed by atoms with Crippen LogP contribution in [0, 0.1) is 0 Å². The van der Waals surface area contributed by atoms with E-state index >= 15 is 0 Å². The van der Waals surface area contributed by atoms with Crippen molar-refractivity contribution in [3.63, 3.8) is 0 Å². The third-order valence-electron chi connectivity index (χ3n) is 2.80. The highest BCUT2D eigenvalue weighted by Crippen LogP contribution is 2.25. The Bertz CT molecular complexity index is 417. The van der Waals surface area contributed by atoms with Crippen molar-refractivity contribution in [2.75, 3.05) is 13.2 Å². The molecule has 0 saturated carbocycles. The molecule has 0 saturated heterocycles. The Morgan fingerprint density at radius 2 is 2.18 bits per heavy atom. The van der Waals surface area contributed by atoms with Gasteiger partial charge in [-0.2, -0.15) is 0 Å². The summed E-state index contributed by atoms with van der Waals surface area (Å²) in [5, 5.41) is 0. The maximum Gasteiger partial charge on any atom is 0.344 e. The van der Waals surface area contributed by atoms with Crippen molar-refractivity contribution in [1.82, 2.24) is 0 Å². The predicted molar refractivity (Wildman–Crippen MR) is 64.0 cm³/mol. The van der Waals surface area contributed by atoms with Crippen molar-refractivity contribution in [3.8, 4) is 5.75 Å². The van der Waals surface area contributed by atoms with Crippen molar-refractivity contribution in [1.29, 1.82) is 0 Å². The van der Waals surface area contributed by atoms with Crippen LogP contribution < -0.4 is 10.5 Å². The van der Waals surface area contributed by atoms with Crippen LogP contribution in [0.25, 0.3) is 0 Å². The highest BCUT2D eigenvalue weighted by molar-refractivity contribution is 5.71. The highest BCUT2D eigenvalue weighted by Gasteiger charge is 2.18. The Morgan fingerprint density at radius 1 is 1.41 bits per heavy atom. The van der Waals surface area contributed by atoms with Gasteiger partial charge < -0.3 is 15.2 Å². The van der Waals surface area contributed by atoms with E-state index in [1.807, 2.05) is 18.2 Å². The van der Waals surface area contributed by atoms with Crippen LogP contribution in [-0.2, 0) is 22.4 Å². The molecule has 0 spiro atoms. The van der Waals surface area contributed by atoms with Crippen molar-refractivity contribution in [2.45, 2.75) is 25.8 Å². The Morgan fingerprint density at radius 3 is 2.94 bits per heavy atom. The van der Waals surface area contributed by atoms with Crippen LogP contribution in [0.1, 0.15) is 18.1 Å². The zero-order valence-electron chi connectivity index (χ0n) is 9.94. The fourth-order valence-electron chi connectivity index (χ4n) is 2.06. The molecule has 0 aromatic heterocycles. The van der Waals surface area contributed by atoms with E-state index in [0.717, 1.165) is 12.8 Å². The van der Waals surface area contributed by atoms with Gasteiger partial charge in [-0.25, -0.2) is 4.79 Å². The average Bonchev–Trinajstić information content (AvgIpc) is 2.66. The van der Waals surface area contributed by atoms with Gasteiger partial charge in [0.15, 0.2) is 6.61 Å². The van der Waals surface area contributed by atoms with Crippen LogP contribution in [0.5, 0.6) is 5.75 Å². The number of carbonyl (C=O) groups is 1. The molecule has 0 bridgehead atoms. The van der Waals surface area contributed by atoms with Gasteiger partial charge in [0.2, 0.25) is 0 Å². The smallest absolute Gasteiger partial charge is 0.344 e. The lowest BCUT2D eigenvalue weighted by Gasteiger charge is -2.07. The normalized spacial score (nSPS) is 17.6. The molecule has 17 heavy (non-hydrogen) atoms. The molecule has 0 amide bonds. The number of carbonyl (C=O) groups excluding carboxylic acids is 1. The first-order valence-corrected chi connectivity index (χ1v) is 5.85. The number of fused-ring (bicyclic) bond motifs is 1. The lowest BCUT2D eigenvalue weighted by molar-refractivity contribution is -0.145. The second kappa shape index (κ2) is 5.19. The minimum atomic E-state index is -0.343. The highest BCUT2D eigenvalue weighted by atomic mass is 16.6. The van der Waals surface area contributed by atoms with E-state index in [1.165, 1.54) is 11.1 Å². The topological polar surface area (TPSA) is 61.5 Å². The molecule has 1 aromatic rings. The fourth-order valence-corrected chi connectivity index (χ4v) is 2.06. The zero-order chi connectivity index (χ0) is 12.3. The van der Waals surface area contributed by atoms with Crippen molar-refractivity contribution in [2.24, 2.45) is 5.73 Å². The largest absolute Gasteiger partial charge is 0.482 e. The van der Waals surface area contributed by atoms with Crippen LogP contribution in [0.3, 0.4) is 0 Å². The molecule has 1 aliphatic rings. The molecule has 4 heteroatoms. The summed E-state index contributed by atoms with van der Waals surface area (Å²) in [5.41, 5.74) is 8.38. The summed E-state index contributed by atoms with van der Waals surface area (Å²) in [7, 11) is 0. The van der Waals surface area contributed by atoms with Gasteiger partial charge in [-0.1, -0.05) is 6.07 Å². The van der Waals surface area contributed by atoms with Gasteiger partial charge in [0.25, 0.3) is 0 Å². The summed E-state index contributed by atoms with van der Waals surface area (Å²) in [6, 6.07) is 6.06. The number of hydrogen-bond acceptors (Lipinski definition) is 4. The number of rotatable bonds is 4. The van der Waals surface area contributed by atoms with Crippen molar-refractivity contribution in [3.05, 3.63) is 29.3 Å². The van der Waals surface area contributed by atoms with Crippen LogP contribution in [0.4, 0.5) is 0 Å². The van der Waals surface area contributed by atoms with Crippen molar-refractivity contribution >= 4 is 5.97 Å². The standard InChI is InChI=1S/C13H17NO3/c1-2-16-13(15)8-17-12-4-3-9-5-11(14)6-10(9)7-12/h3-4,7,11H,2,5-6,8,14H2,1H3. The van der Waals surface area contributed by atoms with Gasteiger partial charge in [-0.05, 0) is 43.0 Å². The summed E-state index contributed by atoms with van der Waals surface area (Å²) in [6.45, 7) is 2.11. The van der Waals surface area contributed by atoms with E-state index < -0.39 is 0 Å². The lowest BCUT2D eigenvalue weighted by Crippen LogP contribution is -2.19. The first-order valence-electron chi connectivity index (χ1n) is 5.85. The summed E-state index contributed by atoms with van der Waals surface area (Å²) in [5.74, 6) is 0.357. The van der Waals surface area contributed by atoms with Crippen LogP contribution in [0.15, 0.2) is 18.2 Å². The number of ether oxygens (including phenoxy) is 2. The van der Waals surface area contributed by atoms with Gasteiger partial charge in [-0.15, -0.1) is 0 Å². The monoisotopic (exact) mass is 235 g/mol. The van der Waals surface area contributed by atoms with Gasteiger partial charge in [0.05, 0.1) is 6.61 Å². The summed E-state index contributed by atoms with van der Waals surface area (Å²) in [4.78, 5) is 11.1. The number of nitrogens with two attached hydrogens (primary N) is 1. The maximum absolute atomic E-state index is 11.1. The van der Waals surface area contributed by atoms with Crippen LogP contribution in [-0.4, -0.2) is 25.2 Å². The molecule has 1 aromatic carbocycles. The number of benzene rings is 1. The molecular formula is C13H17NO3. The van der Waals surface area contributed by atoms with E-state index in [2.05, 4.69) is 0 Å². The van der Waals surface area contributed by atoms with E-state index in [0.29, 0.717) is 12.4 Å². The second-order valence-corrected chi connectivity index (χ2v) is 4.19. The maximum atomic E-state index is 11.1. The Kier molecular flexibility index (Phi) is 3.64. The molecule has 2 N–H and O–H groups in total. The molecule has 1 unspecified atom stereocenters. The molecule has 0 aliphatic heterocycles. The fraction of sp³-hybridized carbons (Fsp3) is 0.462. The minimum Gasteiger partial charge on any atom is -0.482 e. The Balaban J connectivity index is 1.95. The zero-order valence-corrected chi connectivity index (χ0v) is 9.94. The summed E-state index contributed by atoms with van der Waals surface area (Å²) < 4.78 is 10.2. The first kappa shape index (κ1) is 11.9. The number of esters is 1. The van der Waals surface area contributed by atoms with Crippen LogP contribution in [0.2, 0.25) is 0 Å². The molecule has 1 aliphatic carbocycles. The second-order valence-electron chi connectivity index (χ2n) is 4.19. The molecule has 0 heterocycles. The molecule has 4 nitrogen and oxygen atoms in total. The third kappa shape index (κ3) is 2.97. The van der Waals surface area contributed by atoms with Gasteiger partial charge in [0.1, 0.15) is 5.75 Å². The first-order chi connectivity index (χ1) is 8.19. The van der Waals surface area contributed by atoms with Gasteiger partial charge >= 0.3 is 5.97 Å². The minimum absolute atomic E-state index is 0.0430.